The summed E-state index contributed by atoms with van der Waals surface area (Å²) in [4.78, 5) is 26.1. The molecule has 2 N–H and O–H groups in total. The van der Waals surface area contributed by atoms with Gasteiger partial charge in [-0.25, -0.2) is 0 Å². The molecule has 0 spiro atoms. The predicted octanol–water partition coefficient (Wildman–Crippen LogP) is 5.77. The number of anilines is 1. The molecule has 0 atom stereocenters. The molecule has 2 amide bonds. The van der Waals surface area contributed by atoms with E-state index in [1.807, 2.05) is 0 Å². The molecule has 3 aromatic carbocycles. The summed E-state index contributed by atoms with van der Waals surface area (Å²) in [5, 5.41) is 5.13. The number of hydrogen-bond acceptors (Lipinski definition) is 5. The Morgan fingerprint density at radius 2 is 1.61 bits per heavy atom. The van der Waals surface area contributed by atoms with Crippen molar-refractivity contribution in [2.75, 3.05) is 19.5 Å². The highest BCUT2D eigenvalue weighted by molar-refractivity contribution is 9.10. The van der Waals surface area contributed by atoms with Gasteiger partial charge in [-0.05, 0) is 64.5 Å². The standard InChI is InChI=1S/C25H20BrF3N2O5/c1-34-21-9-5-6-15(22(21)35-2)14-20(31-23(32)18-7-3-4-8-19(18)26)24(33)30-16-10-12-17(13-11-16)36-25(27,28)29/h3-14H,1-2H3,(H,30,33)(H,31,32). The summed E-state index contributed by atoms with van der Waals surface area (Å²) in [5.74, 6) is -1.01. The molecule has 0 radical (unpaired) electrons. The van der Waals surface area contributed by atoms with Gasteiger partial charge in [0.2, 0.25) is 0 Å². The topological polar surface area (TPSA) is 85.9 Å². The maximum atomic E-state index is 13.1. The van der Waals surface area contributed by atoms with Crippen LogP contribution in [-0.4, -0.2) is 32.4 Å². The summed E-state index contributed by atoms with van der Waals surface area (Å²) in [6, 6.07) is 16.2. The Morgan fingerprint density at radius 1 is 0.917 bits per heavy atom. The summed E-state index contributed by atoms with van der Waals surface area (Å²) in [6.07, 6.45) is -3.45. The van der Waals surface area contributed by atoms with Gasteiger partial charge in [0.15, 0.2) is 11.5 Å². The quantitative estimate of drug-likeness (QED) is 0.339. The van der Waals surface area contributed by atoms with E-state index < -0.39 is 23.9 Å². The molecular weight excluding hydrogens is 545 g/mol. The highest BCUT2D eigenvalue weighted by atomic mass is 79.9. The third-order valence-electron chi connectivity index (χ3n) is 4.69. The first-order valence-corrected chi connectivity index (χ1v) is 11.1. The summed E-state index contributed by atoms with van der Waals surface area (Å²) in [6.45, 7) is 0. The molecule has 0 aliphatic carbocycles. The van der Waals surface area contributed by atoms with E-state index in [-0.39, 0.29) is 16.9 Å². The fraction of sp³-hybridized carbons (Fsp3) is 0.120. The third kappa shape index (κ3) is 7.01. The van der Waals surface area contributed by atoms with Crippen molar-refractivity contribution in [1.29, 1.82) is 0 Å². The van der Waals surface area contributed by atoms with Crippen LogP contribution in [0.5, 0.6) is 17.2 Å². The zero-order valence-electron chi connectivity index (χ0n) is 19.0. The van der Waals surface area contributed by atoms with Gasteiger partial charge in [0.25, 0.3) is 11.8 Å². The molecule has 0 saturated carbocycles. The first-order valence-electron chi connectivity index (χ1n) is 10.3. The number of para-hydroxylation sites is 1. The van der Waals surface area contributed by atoms with E-state index in [4.69, 9.17) is 9.47 Å². The molecule has 0 heterocycles. The van der Waals surface area contributed by atoms with E-state index in [0.717, 1.165) is 12.1 Å². The van der Waals surface area contributed by atoms with Crippen molar-refractivity contribution in [3.8, 4) is 17.2 Å². The van der Waals surface area contributed by atoms with E-state index in [0.29, 0.717) is 21.5 Å². The van der Waals surface area contributed by atoms with Crippen molar-refractivity contribution in [2.24, 2.45) is 0 Å². The van der Waals surface area contributed by atoms with E-state index in [1.165, 1.54) is 32.4 Å². The second-order valence-corrected chi connectivity index (χ2v) is 7.96. The lowest BCUT2D eigenvalue weighted by molar-refractivity contribution is -0.274. The molecular formula is C25H20BrF3N2O5. The average Bonchev–Trinajstić information content (AvgIpc) is 2.83. The summed E-state index contributed by atoms with van der Waals surface area (Å²) in [5.41, 5.74) is 0.733. The second kappa shape index (κ2) is 11.6. The van der Waals surface area contributed by atoms with Crippen LogP contribution in [0.15, 0.2) is 76.9 Å². The molecule has 188 valence electrons. The van der Waals surface area contributed by atoms with Crippen LogP contribution in [0.25, 0.3) is 6.08 Å². The minimum atomic E-state index is -4.84. The summed E-state index contributed by atoms with van der Waals surface area (Å²) >= 11 is 3.30. The lowest BCUT2D eigenvalue weighted by Gasteiger charge is -2.14. The minimum absolute atomic E-state index is 0.155. The Kier molecular flexibility index (Phi) is 8.59. The highest BCUT2D eigenvalue weighted by Gasteiger charge is 2.31. The Balaban J connectivity index is 1.94. The fourth-order valence-corrected chi connectivity index (χ4v) is 3.58. The second-order valence-electron chi connectivity index (χ2n) is 7.10. The molecule has 36 heavy (non-hydrogen) atoms. The van der Waals surface area contributed by atoms with Crippen LogP contribution in [0, 0.1) is 0 Å². The first-order chi connectivity index (χ1) is 17.1. The monoisotopic (exact) mass is 564 g/mol. The largest absolute Gasteiger partial charge is 0.573 e. The lowest BCUT2D eigenvalue weighted by Crippen LogP contribution is -2.31. The van der Waals surface area contributed by atoms with Gasteiger partial charge in [0.1, 0.15) is 11.4 Å². The molecule has 0 aliphatic heterocycles. The van der Waals surface area contributed by atoms with Crippen LogP contribution in [0.3, 0.4) is 0 Å². The van der Waals surface area contributed by atoms with Gasteiger partial charge in [0, 0.05) is 15.7 Å². The van der Waals surface area contributed by atoms with E-state index >= 15 is 0 Å². The third-order valence-corrected chi connectivity index (χ3v) is 5.38. The number of carbonyl (C=O) groups excluding carboxylic acids is 2. The van der Waals surface area contributed by atoms with Crippen LogP contribution < -0.4 is 24.8 Å². The molecule has 7 nitrogen and oxygen atoms in total. The zero-order valence-corrected chi connectivity index (χ0v) is 20.6. The average molecular weight is 565 g/mol. The van der Waals surface area contributed by atoms with Crippen LogP contribution in [-0.2, 0) is 4.79 Å². The van der Waals surface area contributed by atoms with Crippen molar-refractivity contribution < 1.29 is 37.0 Å². The van der Waals surface area contributed by atoms with Gasteiger partial charge < -0.3 is 24.8 Å². The number of halogens is 4. The van der Waals surface area contributed by atoms with Gasteiger partial charge in [-0.1, -0.05) is 24.3 Å². The van der Waals surface area contributed by atoms with Gasteiger partial charge in [-0.2, -0.15) is 0 Å². The lowest BCUT2D eigenvalue weighted by atomic mass is 10.1. The van der Waals surface area contributed by atoms with Crippen LogP contribution in [0.2, 0.25) is 0 Å². The van der Waals surface area contributed by atoms with Gasteiger partial charge >= 0.3 is 6.36 Å². The number of rotatable bonds is 8. The Hall–Kier alpha value is -3.99. The van der Waals surface area contributed by atoms with Crippen molar-refractivity contribution in [2.45, 2.75) is 6.36 Å². The maximum absolute atomic E-state index is 13.1. The normalized spacial score (nSPS) is 11.4. The zero-order chi connectivity index (χ0) is 26.3. The van der Waals surface area contributed by atoms with Gasteiger partial charge in [-0.15, -0.1) is 13.2 Å². The minimum Gasteiger partial charge on any atom is -0.493 e. The van der Waals surface area contributed by atoms with E-state index in [9.17, 15) is 22.8 Å². The number of benzene rings is 3. The van der Waals surface area contributed by atoms with Crippen molar-refractivity contribution in [1.82, 2.24) is 5.32 Å². The molecule has 0 fully saturated rings. The molecule has 0 saturated heterocycles. The van der Waals surface area contributed by atoms with Gasteiger partial charge in [-0.3, -0.25) is 9.59 Å². The smallest absolute Gasteiger partial charge is 0.493 e. The Morgan fingerprint density at radius 3 is 2.22 bits per heavy atom. The van der Waals surface area contributed by atoms with Gasteiger partial charge in [0.05, 0.1) is 19.8 Å². The summed E-state index contributed by atoms with van der Waals surface area (Å²) < 4.78 is 52.3. The number of alkyl halides is 3. The molecule has 0 unspecified atom stereocenters. The Labute approximate surface area is 213 Å². The fourth-order valence-electron chi connectivity index (χ4n) is 3.11. The van der Waals surface area contributed by atoms with Crippen molar-refractivity contribution in [3.63, 3.8) is 0 Å². The molecule has 3 aromatic rings. The molecule has 3 rings (SSSR count). The van der Waals surface area contributed by atoms with Crippen LogP contribution in [0.1, 0.15) is 15.9 Å². The molecule has 11 heteroatoms. The number of carbonyl (C=O) groups is 2. The van der Waals surface area contributed by atoms with Crippen molar-refractivity contribution in [3.05, 3.63) is 88.0 Å². The number of amides is 2. The summed E-state index contributed by atoms with van der Waals surface area (Å²) in [7, 11) is 2.89. The van der Waals surface area contributed by atoms with Crippen LogP contribution in [0.4, 0.5) is 18.9 Å². The van der Waals surface area contributed by atoms with Crippen molar-refractivity contribution >= 4 is 39.5 Å². The molecule has 0 bridgehead atoms. The maximum Gasteiger partial charge on any atom is 0.573 e. The predicted molar refractivity (Wildman–Crippen MR) is 131 cm³/mol. The molecule has 0 aliphatic rings. The number of hydrogen-bond donors (Lipinski definition) is 2. The number of methoxy groups -OCH3 is 2. The van der Waals surface area contributed by atoms with Crippen LogP contribution >= 0.6 is 15.9 Å². The first kappa shape index (κ1) is 26.6. The van der Waals surface area contributed by atoms with E-state index in [1.54, 1.807) is 42.5 Å². The number of ether oxygens (including phenoxy) is 3. The SMILES string of the molecule is COc1cccc(C=C(NC(=O)c2ccccc2Br)C(=O)Nc2ccc(OC(F)(F)F)cc2)c1OC. The highest BCUT2D eigenvalue weighted by Crippen LogP contribution is 2.32. The molecule has 0 aromatic heterocycles. The number of nitrogens with one attached hydrogen (secondary N) is 2. The Bertz CT molecular complexity index is 1280. The van der Waals surface area contributed by atoms with E-state index in [2.05, 4.69) is 31.3 Å².